The summed E-state index contributed by atoms with van der Waals surface area (Å²) in [7, 11) is 0. The third-order valence-electron chi connectivity index (χ3n) is 2.86. The molecular weight excluding hydrogens is 170 g/mol. The molecule has 2 aliphatic rings. The van der Waals surface area contributed by atoms with Crippen molar-refractivity contribution in [1.29, 1.82) is 0 Å². The minimum absolute atomic E-state index is 0.183. The maximum Gasteiger partial charge on any atom is 0.227 e. The van der Waals surface area contributed by atoms with Gasteiger partial charge in [-0.1, -0.05) is 0 Å². The maximum absolute atomic E-state index is 11.1. The van der Waals surface area contributed by atoms with Gasteiger partial charge in [0.05, 0.1) is 0 Å². The fourth-order valence-electron chi connectivity index (χ4n) is 2.29. The summed E-state index contributed by atoms with van der Waals surface area (Å²) < 4.78 is 0. The Morgan fingerprint density at radius 2 is 1.62 bits per heavy atom. The van der Waals surface area contributed by atoms with Crippen LogP contribution in [0.2, 0.25) is 0 Å². The molecule has 70 valence electrons. The summed E-state index contributed by atoms with van der Waals surface area (Å²) in [6.07, 6.45) is 2.31. The summed E-state index contributed by atoms with van der Waals surface area (Å²) >= 11 is 0. The molecule has 1 spiro atoms. The van der Waals surface area contributed by atoms with E-state index >= 15 is 0 Å². The van der Waals surface area contributed by atoms with E-state index in [1.807, 2.05) is 0 Å². The van der Waals surface area contributed by atoms with E-state index in [4.69, 9.17) is 0 Å². The van der Waals surface area contributed by atoms with Crippen LogP contribution in [0, 0.1) is 5.41 Å². The number of nitrogens with one attached hydrogen (secondary N) is 1. The average molecular weight is 181 g/mol. The highest BCUT2D eigenvalue weighted by Gasteiger charge is 2.44. The molecule has 0 bridgehead atoms. The van der Waals surface area contributed by atoms with Crippen LogP contribution in [-0.2, 0) is 14.4 Å². The first kappa shape index (κ1) is 8.41. The molecule has 0 unspecified atom stereocenters. The van der Waals surface area contributed by atoms with Crippen molar-refractivity contribution in [2.75, 3.05) is 0 Å². The van der Waals surface area contributed by atoms with Gasteiger partial charge in [0.2, 0.25) is 11.8 Å². The zero-order valence-corrected chi connectivity index (χ0v) is 7.26. The largest absolute Gasteiger partial charge is 0.300 e. The number of carbonyl (C=O) groups excluding carboxylic acids is 3. The molecule has 1 aliphatic carbocycles. The van der Waals surface area contributed by atoms with Gasteiger partial charge >= 0.3 is 0 Å². The Kier molecular flexibility index (Phi) is 1.71. The Hall–Kier alpha value is -1.19. The Morgan fingerprint density at radius 3 is 2.08 bits per heavy atom. The van der Waals surface area contributed by atoms with Crippen LogP contribution >= 0.6 is 0 Å². The van der Waals surface area contributed by atoms with Gasteiger partial charge in [-0.2, -0.15) is 0 Å². The lowest BCUT2D eigenvalue weighted by molar-refractivity contribution is -0.137. The molecule has 0 aromatic heterocycles. The molecule has 2 amide bonds. The molecule has 0 atom stereocenters. The Bertz CT molecular complexity index is 279. The number of carbonyl (C=O) groups is 3. The number of amides is 2. The van der Waals surface area contributed by atoms with Gasteiger partial charge < -0.3 is 0 Å². The van der Waals surface area contributed by atoms with E-state index < -0.39 is 0 Å². The van der Waals surface area contributed by atoms with Crippen LogP contribution < -0.4 is 5.32 Å². The molecular formula is C9H11NO3. The molecule has 13 heavy (non-hydrogen) atoms. The van der Waals surface area contributed by atoms with Crippen LogP contribution in [0.25, 0.3) is 0 Å². The second-order valence-corrected chi connectivity index (χ2v) is 4.04. The molecule has 1 aliphatic heterocycles. The highest BCUT2D eigenvalue weighted by Crippen LogP contribution is 2.43. The average Bonchev–Trinajstić information content (AvgIpc) is 2.28. The Balaban J connectivity index is 2.18. The molecule has 1 saturated heterocycles. The Labute approximate surface area is 75.7 Å². The van der Waals surface area contributed by atoms with Gasteiger partial charge in [0.15, 0.2) is 0 Å². The van der Waals surface area contributed by atoms with Gasteiger partial charge in [0.25, 0.3) is 0 Å². The Morgan fingerprint density at radius 1 is 1.00 bits per heavy atom. The van der Waals surface area contributed by atoms with E-state index in [0.717, 1.165) is 0 Å². The smallest absolute Gasteiger partial charge is 0.227 e. The fourth-order valence-corrected chi connectivity index (χ4v) is 2.29. The highest BCUT2D eigenvalue weighted by molar-refractivity contribution is 5.99. The predicted octanol–water partition coefficient (Wildman–Crippen LogP) is 0.162. The third kappa shape index (κ3) is 1.48. The first-order valence-corrected chi connectivity index (χ1v) is 4.44. The lowest BCUT2D eigenvalue weighted by atomic mass is 9.77. The van der Waals surface area contributed by atoms with E-state index in [1.165, 1.54) is 0 Å². The van der Waals surface area contributed by atoms with Gasteiger partial charge in [-0.25, -0.2) is 0 Å². The summed E-state index contributed by atoms with van der Waals surface area (Å²) in [6, 6.07) is 0. The van der Waals surface area contributed by atoms with Gasteiger partial charge in [-0.3, -0.25) is 19.7 Å². The maximum atomic E-state index is 11.1. The molecule has 4 nitrogen and oxygen atoms in total. The molecule has 0 aromatic rings. The second kappa shape index (κ2) is 2.65. The zero-order valence-electron chi connectivity index (χ0n) is 7.26. The molecule has 1 heterocycles. The molecule has 0 radical (unpaired) electrons. The van der Waals surface area contributed by atoms with Crippen molar-refractivity contribution in [1.82, 2.24) is 5.32 Å². The lowest BCUT2D eigenvalue weighted by Crippen LogP contribution is -2.43. The standard InChI is InChI=1S/C9H11NO3/c11-6-1-2-9(3-6)4-7(12)10-8(13)5-9/h1-5H2,(H,10,12,13). The molecule has 2 rings (SSSR count). The van der Waals surface area contributed by atoms with Crippen molar-refractivity contribution < 1.29 is 14.4 Å². The summed E-state index contributed by atoms with van der Waals surface area (Å²) in [5.41, 5.74) is -0.323. The van der Waals surface area contributed by atoms with Crippen molar-refractivity contribution in [3.63, 3.8) is 0 Å². The number of ketones is 1. The lowest BCUT2D eigenvalue weighted by Gasteiger charge is -2.30. The van der Waals surface area contributed by atoms with Crippen molar-refractivity contribution in [3.8, 4) is 0 Å². The monoisotopic (exact) mass is 181 g/mol. The van der Waals surface area contributed by atoms with E-state index in [-0.39, 0.29) is 23.0 Å². The summed E-state index contributed by atoms with van der Waals surface area (Å²) in [5.74, 6) is -0.278. The van der Waals surface area contributed by atoms with Crippen molar-refractivity contribution in [3.05, 3.63) is 0 Å². The van der Waals surface area contributed by atoms with Crippen molar-refractivity contribution in [2.24, 2.45) is 5.41 Å². The van der Waals surface area contributed by atoms with Crippen LogP contribution in [0.15, 0.2) is 0 Å². The highest BCUT2D eigenvalue weighted by atomic mass is 16.2. The van der Waals surface area contributed by atoms with Crippen LogP contribution in [0.5, 0.6) is 0 Å². The molecule has 2 fully saturated rings. The van der Waals surface area contributed by atoms with E-state index in [0.29, 0.717) is 32.1 Å². The first-order valence-electron chi connectivity index (χ1n) is 4.44. The number of piperidine rings is 1. The van der Waals surface area contributed by atoms with E-state index in [9.17, 15) is 14.4 Å². The van der Waals surface area contributed by atoms with Crippen molar-refractivity contribution >= 4 is 17.6 Å². The van der Waals surface area contributed by atoms with E-state index in [1.54, 1.807) is 0 Å². The van der Waals surface area contributed by atoms with Crippen LogP contribution in [0.3, 0.4) is 0 Å². The number of hydrogen-bond acceptors (Lipinski definition) is 3. The molecule has 1 saturated carbocycles. The third-order valence-corrected chi connectivity index (χ3v) is 2.86. The summed E-state index contributed by atoms with van der Waals surface area (Å²) in [4.78, 5) is 33.3. The van der Waals surface area contributed by atoms with Gasteiger partial charge in [0.1, 0.15) is 5.78 Å². The fraction of sp³-hybridized carbons (Fsp3) is 0.667. The minimum atomic E-state index is -0.323. The molecule has 4 heteroatoms. The van der Waals surface area contributed by atoms with Gasteiger partial charge in [-0.15, -0.1) is 0 Å². The topological polar surface area (TPSA) is 63.2 Å². The second-order valence-electron chi connectivity index (χ2n) is 4.04. The normalized spacial score (nSPS) is 26.6. The van der Waals surface area contributed by atoms with Gasteiger partial charge in [-0.05, 0) is 11.8 Å². The van der Waals surface area contributed by atoms with Crippen LogP contribution in [-0.4, -0.2) is 17.6 Å². The molecule has 1 N–H and O–H groups in total. The zero-order chi connectivity index (χ0) is 9.47. The molecule has 0 aromatic carbocycles. The number of imide groups is 1. The predicted molar refractivity (Wildman–Crippen MR) is 43.7 cm³/mol. The van der Waals surface area contributed by atoms with Crippen LogP contribution in [0.1, 0.15) is 32.1 Å². The van der Waals surface area contributed by atoms with Crippen LogP contribution in [0.4, 0.5) is 0 Å². The summed E-state index contributed by atoms with van der Waals surface area (Å²) in [6.45, 7) is 0. The van der Waals surface area contributed by atoms with Gasteiger partial charge in [0, 0.05) is 25.7 Å². The van der Waals surface area contributed by atoms with E-state index in [2.05, 4.69) is 5.32 Å². The minimum Gasteiger partial charge on any atom is -0.300 e. The van der Waals surface area contributed by atoms with Crippen molar-refractivity contribution in [2.45, 2.75) is 32.1 Å². The number of rotatable bonds is 0. The summed E-state index contributed by atoms with van der Waals surface area (Å²) in [5, 5.41) is 2.26. The number of Topliss-reactive ketones (excluding diaryl/α,β-unsaturated/α-hetero) is 1. The number of hydrogen-bond donors (Lipinski definition) is 1. The first-order chi connectivity index (χ1) is 6.10. The quantitative estimate of drug-likeness (QED) is 0.541. The SMILES string of the molecule is O=C1CCC2(C1)CC(=O)NC(=O)C2.